The third-order valence-electron chi connectivity index (χ3n) is 4.82. The lowest BCUT2D eigenvalue weighted by molar-refractivity contribution is -0.161. The van der Waals surface area contributed by atoms with Crippen LogP contribution in [0.4, 0.5) is 0 Å². The normalized spacial score (nSPS) is 24.2. The predicted octanol–water partition coefficient (Wildman–Crippen LogP) is 1.81. The summed E-state index contributed by atoms with van der Waals surface area (Å²) in [6.45, 7) is 0.896. The van der Waals surface area contributed by atoms with Gasteiger partial charge in [0.1, 0.15) is 0 Å². The molecule has 0 spiro atoms. The number of morpholine rings is 1. The lowest BCUT2D eigenvalue weighted by Gasteiger charge is -2.38. The van der Waals surface area contributed by atoms with Gasteiger partial charge in [0, 0.05) is 6.54 Å². The molecule has 1 aliphatic heterocycles. The van der Waals surface area contributed by atoms with Gasteiger partial charge in [-0.15, -0.1) is 0 Å². The molecule has 1 saturated heterocycles. The Morgan fingerprint density at radius 1 is 1.18 bits per heavy atom. The Morgan fingerprint density at radius 3 is 2.50 bits per heavy atom. The highest BCUT2D eigenvalue weighted by atomic mass is 16.5. The molecule has 1 heterocycles. The van der Waals surface area contributed by atoms with Crippen molar-refractivity contribution in [3.63, 3.8) is 0 Å². The van der Waals surface area contributed by atoms with Crippen molar-refractivity contribution in [1.82, 2.24) is 4.90 Å². The largest absolute Gasteiger partial charge is 0.479 e. The minimum absolute atomic E-state index is 0.0609. The van der Waals surface area contributed by atoms with E-state index in [1.54, 1.807) is 4.90 Å². The van der Waals surface area contributed by atoms with Crippen LogP contribution in [0.15, 0.2) is 30.3 Å². The van der Waals surface area contributed by atoms with Crippen LogP contribution in [0, 0.1) is 0 Å². The number of carbonyl (C=O) groups excluding carboxylic acids is 1. The summed E-state index contributed by atoms with van der Waals surface area (Å²) in [5.41, 5.74) is 0.567. The van der Waals surface area contributed by atoms with E-state index < -0.39 is 17.5 Å². The van der Waals surface area contributed by atoms with E-state index >= 15 is 0 Å². The molecule has 1 aliphatic carbocycles. The Hall–Kier alpha value is -1.88. The van der Waals surface area contributed by atoms with Gasteiger partial charge in [-0.2, -0.15) is 0 Å². The smallest absolute Gasteiger partial charge is 0.334 e. The minimum Gasteiger partial charge on any atom is -0.479 e. The number of ether oxygens (including phenoxy) is 1. The van der Waals surface area contributed by atoms with E-state index in [0.717, 1.165) is 31.2 Å². The van der Waals surface area contributed by atoms with E-state index in [0.29, 0.717) is 6.54 Å². The molecule has 0 bridgehead atoms. The molecule has 1 N–H and O–H groups in total. The molecule has 5 nitrogen and oxygen atoms in total. The standard InChI is InChI=1S/C17H21NO4/c19-15(20)14-12-18(10-11-22-14)16(21)17(8-4-5-9-17)13-6-2-1-3-7-13/h1-3,6-7,14H,4-5,8-12H2,(H,19,20)/t14-/m1/s1. The fourth-order valence-corrected chi connectivity index (χ4v) is 3.65. The van der Waals surface area contributed by atoms with Crippen LogP contribution in [0.3, 0.4) is 0 Å². The van der Waals surface area contributed by atoms with Crippen LogP contribution < -0.4 is 0 Å². The van der Waals surface area contributed by atoms with Crippen molar-refractivity contribution in [1.29, 1.82) is 0 Å². The van der Waals surface area contributed by atoms with Crippen LogP contribution in [0.5, 0.6) is 0 Å². The van der Waals surface area contributed by atoms with Gasteiger partial charge in [-0.25, -0.2) is 4.79 Å². The number of hydrogen-bond donors (Lipinski definition) is 1. The second-order valence-corrected chi connectivity index (χ2v) is 6.10. The van der Waals surface area contributed by atoms with Gasteiger partial charge in [0.2, 0.25) is 5.91 Å². The minimum atomic E-state index is -1.00. The molecule has 0 aromatic heterocycles. The first-order valence-electron chi connectivity index (χ1n) is 7.83. The van der Waals surface area contributed by atoms with Crippen LogP contribution in [0.1, 0.15) is 31.2 Å². The molecule has 2 aliphatic rings. The first-order valence-corrected chi connectivity index (χ1v) is 7.83. The highest BCUT2D eigenvalue weighted by Crippen LogP contribution is 2.42. The Bertz CT molecular complexity index is 551. The molecule has 22 heavy (non-hydrogen) atoms. The number of nitrogens with zero attached hydrogens (tertiary/aromatic N) is 1. The first kappa shape index (κ1) is 15.0. The molecule has 118 valence electrons. The van der Waals surface area contributed by atoms with E-state index in [-0.39, 0.29) is 19.1 Å². The fourth-order valence-electron chi connectivity index (χ4n) is 3.65. The zero-order valence-electron chi connectivity index (χ0n) is 12.5. The average molecular weight is 303 g/mol. The number of hydrogen-bond acceptors (Lipinski definition) is 3. The number of rotatable bonds is 3. The highest BCUT2D eigenvalue weighted by molar-refractivity contribution is 5.89. The Balaban J connectivity index is 1.86. The topological polar surface area (TPSA) is 66.8 Å². The maximum Gasteiger partial charge on any atom is 0.334 e. The summed E-state index contributed by atoms with van der Waals surface area (Å²) in [7, 11) is 0. The number of benzene rings is 1. The first-order chi connectivity index (χ1) is 10.6. The van der Waals surface area contributed by atoms with Crippen molar-refractivity contribution in [3.8, 4) is 0 Å². The highest BCUT2D eigenvalue weighted by Gasteiger charge is 2.46. The second-order valence-electron chi connectivity index (χ2n) is 6.10. The third kappa shape index (κ3) is 2.61. The molecule has 0 unspecified atom stereocenters. The molecule has 1 atom stereocenters. The summed E-state index contributed by atoms with van der Waals surface area (Å²) in [4.78, 5) is 26.0. The van der Waals surface area contributed by atoms with Crippen molar-refractivity contribution in [2.24, 2.45) is 0 Å². The molecular formula is C17H21NO4. The maximum atomic E-state index is 13.2. The SMILES string of the molecule is O=C(O)[C@H]1CN(C(=O)C2(c3ccccc3)CCCC2)CCO1. The Morgan fingerprint density at radius 2 is 1.86 bits per heavy atom. The van der Waals surface area contributed by atoms with Crippen LogP contribution >= 0.6 is 0 Å². The Labute approximate surface area is 129 Å². The van der Waals surface area contributed by atoms with E-state index in [4.69, 9.17) is 9.84 Å². The van der Waals surface area contributed by atoms with Crippen LogP contribution in [0.2, 0.25) is 0 Å². The van der Waals surface area contributed by atoms with E-state index in [9.17, 15) is 9.59 Å². The third-order valence-corrected chi connectivity index (χ3v) is 4.82. The number of carboxylic acid groups (broad SMARTS) is 1. The lowest BCUT2D eigenvalue weighted by atomic mass is 9.77. The number of aliphatic carboxylic acids is 1. The van der Waals surface area contributed by atoms with Gasteiger partial charge in [0.25, 0.3) is 0 Å². The average Bonchev–Trinajstić information content (AvgIpc) is 3.06. The quantitative estimate of drug-likeness (QED) is 0.925. The summed E-state index contributed by atoms with van der Waals surface area (Å²) < 4.78 is 5.23. The van der Waals surface area contributed by atoms with Crippen molar-refractivity contribution in [2.45, 2.75) is 37.2 Å². The van der Waals surface area contributed by atoms with Crippen molar-refractivity contribution >= 4 is 11.9 Å². The van der Waals surface area contributed by atoms with Crippen molar-refractivity contribution in [3.05, 3.63) is 35.9 Å². The van der Waals surface area contributed by atoms with Gasteiger partial charge in [-0.3, -0.25) is 4.79 Å². The van der Waals surface area contributed by atoms with Crippen molar-refractivity contribution in [2.75, 3.05) is 19.7 Å². The second kappa shape index (κ2) is 6.08. The van der Waals surface area contributed by atoms with Crippen molar-refractivity contribution < 1.29 is 19.4 Å². The molecule has 2 fully saturated rings. The molecule has 5 heteroatoms. The summed E-state index contributed by atoms with van der Waals surface area (Å²) in [6.07, 6.45) is 2.84. The predicted molar refractivity (Wildman–Crippen MR) is 80.5 cm³/mol. The number of amides is 1. The van der Waals surface area contributed by atoms with E-state index in [2.05, 4.69) is 0 Å². The monoisotopic (exact) mass is 303 g/mol. The fraction of sp³-hybridized carbons (Fsp3) is 0.529. The van der Waals surface area contributed by atoms with Gasteiger partial charge in [0.15, 0.2) is 6.10 Å². The molecule has 1 amide bonds. The van der Waals surface area contributed by atoms with Gasteiger partial charge in [-0.05, 0) is 18.4 Å². The summed E-state index contributed by atoms with van der Waals surface area (Å²) in [6, 6.07) is 9.90. The van der Waals surface area contributed by atoms with Gasteiger partial charge < -0.3 is 14.7 Å². The number of carbonyl (C=O) groups is 2. The maximum absolute atomic E-state index is 13.2. The van der Waals surface area contributed by atoms with Gasteiger partial charge in [-0.1, -0.05) is 43.2 Å². The molecule has 1 aromatic rings. The summed E-state index contributed by atoms with van der Waals surface area (Å²) in [5.74, 6) is -0.941. The summed E-state index contributed by atoms with van der Waals surface area (Å²) in [5, 5.41) is 9.12. The van der Waals surface area contributed by atoms with Gasteiger partial charge >= 0.3 is 5.97 Å². The van der Waals surface area contributed by atoms with E-state index in [1.807, 2.05) is 30.3 Å². The summed E-state index contributed by atoms with van der Waals surface area (Å²) >= 11 is 0. The van der Waals surface area contributed by atoms with Crippen LogP contribution in [-0.2, 0) is 19.7 Å². The van der Waals surface area contributed by atoms with Gasteiger partial charge in [0.05, 0.1) is 18.6 Å². The zero-order chi connectivity index (χ0) is 15.6. The molecular weight excluding hydrogens is 282 g/mol. The molecule has 1 saturated carbocycles. The number of carboxylic acids is 1. The van der Waals surface area contributed by atoms with Crippen LogP contribution in [0.25, 0.3) is 0 Å². The lowest BCUT2D eigenvalue weighted by Crippen LogP contribution is -2.54. The van der Waals surface area contributed by atoms with E-state index in [1.165, 1.54) is 0 Å². The molecule has 0 radical (unpaired) electrons. The molecule has 3 rings (SSSR count). The molecule has 1 aromatic carbocycles. The Kier molecular flexibility index (Phi) is 4.16. The van der Waals surface area contributed by atoms with Crippen LogP contribution in [-0.4, -0.2) is 47.7 Å². The zero-order valence-corrected chi connectivity index (χ0v) is 12.5.